The van der Waals surface area contributed by atoms with E-state index in [1.165, 1.54) is 12.8 Å². The Hall–Kier alpha value is -0.590. The fourth-order valence-corrected chi connectivity index (χ4v) is 1.32. The van der Waals surface area contributed by atoms with Gasteiger partial charge in [-0.3, -0.25) is 4.79 Å². The van der Waals surface area contributed by atoms with Gasteiger partial charge < -0.3 is 0 Å². The summed E-state index contributed by atoms with van der Waals surface area (Å²) in [6.45, 7) is 6.74. The summed E-state index contributed by atoms with van der Waals surface area (Å²) in [6, 6.07) is 0. The molecule has 0 aliphatic heterocycles. The molecule has 0 radical (unpaired) electrons. The third kappa shape index (κ3) is 5.11. The van der Waals surface area contributed by atoms with Crippen molar-refractivity contribution in [3.05, 3.63) is 12.2 Å². The minimum Gasteiger partial charge on any atom is -0.299 e. The molecule has 0 aromatic heterocycles. The summed E-state index contributed by atoms with van der Waals surface area (Å²) in [5, 5.41) is 0. The van der Waals surface area contributed by atoms with Crippen molar-refractivity contribution >= 4 is 6.29 Å². The SMILES string of the molecule is CCCC(C)C(C)CC=CC=O. The van der Waals surface area contributed by atoms with E-state index < -0.39 is 0 Å². The van der Waals surface area contributed by atoms with Crippen molar-refractivity contribution in [1.82, 2.24) is 0 Å². The van der Waals surface area contributed by atoms with Crippen molar-refractivity contribution in [3.8, 4) is 0 Å². The van der Waals surface area contributed by atoms with Crippen LogP contribution in [-0.4, -0.2) is 6.29 Å². The molecule has 70 valence electrons. The van der Waals surface area contributed by atoms with Crippen LogP contribution in [0.15, 0.2) is 12.2 Å². The monoisotopic (exact) mass is 168 g/mol. The van der Waals surface area contributed by atoms with Crippen LogP contribution >= 0.6 is 0 Å². The zero-order chi connectivity index (χ0) is 9.40. The normalized spacial score (nSPS) is 16.2. The highest BCUT2D eigenvalue weighted by Crippen LogP contribution is 2.19. The van der Waals surface area contributed by atoms with Crippen molar-refractivity contribution < 1.29 is 4.79 Å². The maximum atomic E-state index is 10.00. The van der Waals surface area contributed by atoms with Crippen LogP contribution in [0.2, 0.25) is 0 Å². The Morgan fingerprint density at radius 1 is 1.25 bits per heavy atom. The van der Waals surface area contributed by atoms with Crippen LogP contribution in [0.3, 0.4) is 0 Å². The zero-order valence-electron chi connectivity index (χ0n) is 8.42. The fraction of sp³-hybridized carbons (Fsp3) is 0.727. The second-order valence-corrected chi connectivity index (χ2v) is 3.54. The smallest absolute Gasteiger partial charge is 0.142 e. The summed E-state index contributed by atoms with van der Waals surface area (Å²) in [6.07, 6.45) is 7.97. The second kappa shape index (κ2) is 7.08. The molecule has 0 saturated heterocycles. The quantitative estimate of drug-likeness (QED) is 0.439. The van der Waals surface area contributed by atoms with Gasteiger partial charge >= 0.3 is 0 Å². The maximum Gasteiger partial charge on any atom is 0.142 e. The van der Waals surface area contributed by atoms with Gasteiger partial charge in [0.05, 0.1) is 0 Å². The summed E-state index contributed by atoms with van der Waals surface area (Å²) in [7, 11) is 0. The summed E-state index contributed by atoms with van der Waals surface area (Å²) in [5.74, 6) is 1.47. The number of carbonyl (C=O) groups excluding carboxylic acids is 1. The Kier molecular flexibility index (Phi) is 6.73. The van der Waals surface area contributed by atoms with Gasteiger partial charge in [0.15, 0.2) is 0 Å². The number of hydrogen-bond acceptors (Lipinski definition) is 1. The molecule has 0 amide bonds. The number of rotatable bonds is 6. The van der Waals surface area contributed by atoms with Crippen LogP contribution < -0.4 is 0 Å². The Morgan fingerprint density at radius 3 is 2.42 bits per heavy atom. The molecule has 0 aromatic carbocycles. The molecule has 0 rings (SSSR count). The molecule has 0 N–H and O–H groups in total. The minimum atomic E-state index is 0.696. The van der Waals surface area contributed by atoms with Gasteiger partial charge in [-0.05, 0) is 24.3 Å². The first kappa shape index (κ1) is 11.4. The first-order valence-electron chi connectivity index (χ1n) is 4.82. The summed E-state index contributed by atoms with van der Waals surface area (Å²) < 4.78 is 0. The number of hydrogen-bond donors (Lipinski definition) is 0. The summed E-state index contributed by atoms with van der Waals surface area (Å²) in [5.41, 5.74) is 0. The van der Waals surface area contributed by atoms with E-state index in [4.69, 9.17) is 0 Å². The van der Waals surface area contributed by atoms with Crippen molar-refractivity contribution in [3.63, 3.8) is 0 Å². The number of aldehydes is 1. The van der Waals surface area contributed by atoms with Gasteiger partial charge in [0.2, 0.25) is 0 Å². The lowest BCUT2D eigenvalue weighted by Crippen LogP contribution is -2.06. The molecule has 0 bridgehead atoms. The van der Waals surface area contributed by atoms with E-state index in [9.17, 15) is 4.79 Å². The zero-order valence-corrected chi connectivity index (χ0v) is 8.42. The molecular formula is C11H20O. The highest BCUT2D eigenvalue weighted by atomic mass is 16.1. The minimum absolute atomic E-state index is 0.696. The van der Waals surface area contributed by atoms with Crippen molar-refractivity contribution in [2.24, 2.45) is 11.8 Å². The lowest BCUT2D eigenvalue weighted by molar-refractivity contribution is -0.104. The molecule has 12 heavy (non-hydrogen) atoms. The molecule has 1 heteroatoms. The Morgan fingerprint density at radius 2 is 1.92 bits per heavy atom. The van der Waals surface area contributed by atoms with Crippen molar-refractivity contribution in [1.29, 1.82) is 0 Å². The lowest BCUT2D eigenvalue weighted by atomic mass is 9.89. The average Bonchev–Trinajstić information content (AvgIpc) is 2.05. The molecule has 1 nitrogen and oxygen atoms in total. The second-order valence-electron chi connectivity index (χ2n) is 3.54. The molecule has 0 spiro atoms. The lowest BCUT2D eigenvalue weighted by Gasteiger charge is -2.16. The third-order valence-electron chi connectivity index (χ3n) is 2.44. The predicted molar refractivity (Wildman–Crippen MR) is 53.1 cm³/mol. The van der Waals surface area contributed by atoms with Crippen LogP contribution in [0.4, 0.5) is 0 Å². The summed E-state index contributed by atoms with van der Waals surface area (Å²) in [4.78, 5) is 10.00. The molecule has 0 aromatic rings. The van der Waals surface area contributed by atoms with Gasteiger partial charge in [-0.25, -0.2) is 0 Å². The van der Waals surface area contributed by atoms with E-state index in [-0.39, 0.29) is 0 Å². The highest BCUT2D eigenvalue weighted by molar-refractivity contribution is 5.64. The van der Waals surface area contributed by atoms with E-state index in [1.54, 1.807) is 6.08 Å². The van der Waals surface area contributed by atoms with Crippen LogP contribution in [0.5, 0.6) is 0 Å². The molecular weight excluding hydrogens is 148 g/mol. The Balaban J connectivity index is 3.62. The standard InChI is InChI=1S/C11H20O/c1-4-7-10(2)11(3)8-5-6-9-12/h5-6,9-11H,4,7-8H2,1-3H3. The first-order chi connectivity index (χ1) is 5.72. The van der Waals surface area contributed by atoms with E-state index in [0.717, 1.165) is 18.6 Å². The predicted octanol–water partition coefficient (Wildman–Crippen LogP) is 3.20. The molecule has 0 aliphatic rings. The largest absolute Gasteiger partial charge is 0.299 e. The molecule has 0 aliphatic carbocycles. The van der Waals surface area contributed by atoms with Crippen LogP contribution in [0, 0.1) is 11.8 Å². The van der Waals surface area contributed by atoms with Crippen LogP contribution in [0.25, 0.3) is 0 Å². The van der Waals surface area contributed by atoms with E-state index in [0.29, 0.717) is 5.92 Å². The van der Waals surface area contributed by atoms with Gasteiger partial charge in [-0.15, -0.1) is 0 Å². The highest BCUT2D eigenvalue weighted by Gasteiger charge is 2.08. The topological polar surface area (TPSA) is 17.1 Å². The summed E-state index contributed by atoms with van der Waals surface area (Å²) >= 11 is 0. The Bertz CT molecular complexity index is 138. The number of allylic oxidation sites excluding steroid dienone is 2. The van der Waals surface area contributed by atoms with E-state index in [1.807, 2.05) is 6.08 Å². The third-order valence-corrected chi connectivity index (χ3v) is 2.44. The van der Waals surface area contributed by atoms with Crippen LogP contribution in [-0.2, 0) is 4.79 Å². The van der Waals surface area contributed by atoms with Crippen molar-refractivity contribution in [2.75, 3.05) is 0 Å². The van der Waals surface area contributed by atoms with Gasteiger partial charge in [-0.1, -0.05) is 39.7 Å². The van der Waals surface area contributed by atoms with Crippen LogP contribution in [0.1, 0.15) is 40.0 Å². The fourth-order valence-electron chi connectivity index (χ4n) is 1.32. The van der Waals surface area contributed by atoms with Gasteiger partial charge in [-0.2, -0.15) is 0 Å². The van der Waals surface area contributed by atoms with Gasteiger partial charge in [0.25, 0.3) is 0 Å². The van der Waals surface area contributed by atoms with Crippen molar-refractivity contribution in [2.45, 2.75) is 40.0 Å². The average molecular weight is 168 g/mol. The molecule has 0 fully saturated rings. The van der Waals surface area contributed by atoms with E-state index >= 15 is 0 Å². The molecule has 0 heterocycles. The molecule has 0 saturated carbocycles. The molecule has 2 atom stereocenters. The van der Waals surface area contributed by atoms with E-state index in [2.05, 4.69) is 20.8 Å². The van der Waals surface area contributed by atoms with Gasteiger partial charge in [0.1, 0.15) is 6.29 Å². The molecule has 2 unspecified atom stereocenters. The number of carbonyl (C=O) groups is 1. The Labute approximate surface area is 75.9 Å². The first-order valence-corrected chi connectivity index (χ1v) is 4.82. The maximum absolute atomic E-state index is 10.00. The van der Waals surface area contributed by atoms with Gasteiger partial charge in [0, 0.05) is 0 Å².